The first-order valence-corrected chi connectivity index (χ1v) is 11.5. The van der Waals surface area contributed by atoms with Gasteiger partial charge in [0.05, 0.1) is 6.04 Å². The molecule has 0 aromatic heterocycles. The first-order chi connectivity index (χ1) is 15.8. The monoisotopic (exact) mass is 492 g/mol. The van der Waals surface area contributed by atoms with Crippen molar-refractivity contribution in [3.05, 3.63) is 69.7 Å². The zero-order valence-electron chi connectivity index (χ0n) is 18.2. The zero-order valence-corrected chi connectivity index (χ0v) is 19.7. The first kappa shape index (κ1) is 25.0. The number of halogens is 2. The predicted molar refractivity (Wildman–Crippen MR) is 125 cm³/mol. The van der Waals surface area contributed by atoms with Gasteiger partial charge in [-0.2, -0.15) is 0 Å². The summed E-state index contributed by atoms with van der Waals surface area (Å²) >= 11 is 12.2. The standard InChI is InChI=1S/C24H26Cl2N2O5/c1-2-3-19(13-27-20(29)12-22(31)32)28-21(30)14-33-24(16-6-10-18(26)11-7-16)23(28)15-4-8-17(25)9-5-15/h4-11,19,23-24H,2-3,12-14H2,1H3,(H,27,29)(H,31,32)/t19-,23-,24+/m1/s1. The molecule has 7 nitrogen and oxygen atoms in total. The average molecular weight is 493 g/mol. The molecular formula is C24H26Cl2N2O5. The van der Waals surface area contributed by atoms with Gasteiger partial charge in [-0.1, -0.05) is 60.8 Å². The number of hydrogen-bond donors (Lipinski definition) is 2. The summed E-state index contributed by atoms with van der Waals surface area (Å²) in [6.45, 7) is 2.02. The second-order valence-electron chi connectivity index (χ2n) is 7.90. The lowest BCUT2D eigenvalue weighted by Crippen LogP contribution is -2.54. The Bertz CT molecular complexity index is 981. The normalized spacial score (nSPS) is 19.2. The van der Waals surface area contributed by atoms with Crippen LogP contribution in [0.1, 0.15) is 49.5 Å². The van der Waals surface area contributed by atoms with Crippen LogP contribution in [0, 0.1) is 0 Å². The van der Waals surface area contributed by atoms with Crippen LogP contribution in [-0.4, -0.2) is 47.0 Å². The van der Waals surface area contributed by atoms with Gasteiger partial charge in [0.15, 0.2) is 0 Å². The van der Waals surface area contributed by atoms with E-state index in [4.69, 9.17) is 33.0 Å². The first-order valence-electron chi connectivity index (χ1n) is 10.7. The van der Waals surface area contributed by atoms with E-state index < -0.39 is 30.4 Å². The van der Waals surface area contributed by atoms with Gasteiger partial charge in [-0.15, -0.1) is 0 Å². The van der Waals surface area contributed by atoms with Crippen molar-refractivity contribution in [2.24, 2.45) is 0 Å². The lowest BCUT2D eigenvalue weighted by atomic mass is 9.90. The van der Waals surface area contributed by atoms with Crippen molar-refractivity contribution in [3.63, 3.8) is 0 Å². The van der Waals surface area contributed by atoms with Crippen LogP contribution in [0.25, 0.3) is 0 Å². The van der Waals surface area contributed by atoms with Crippen molar-refractivity contribution in [1.29, 1.82) is 0 Å². The number of hydrogen-bond acceptors (Lipinski definition) is 4. The van der Waals surface area contributed by atoms with Crippen molar-refractivity contribution >= 4 is 41.0 Å². The molecule has 1 aliphatic heterocycles. The Hall–Kier alpha value is -2.61. The number of rotatable bonds is 9. The summed E-state index contributed by atoms with van der Waals surface area (Å²) in [5.74, 6) is -2.00. The molecule has 2 amide bonds. The quantitative estimate of drug-likeness (QED) is 0.505. The third kappa shape index (κ3) is 6.47. The number of aliphatic carboxylic acids is 1. The third-order valence-corrected chi connectivity index (χ3v) is 6.04. The minimum atomic E-state index is -1.20. The maximum atomic E-state index is 13.2. The van der Waals surface area contributed by atoms with E-state index in [-0.39, 0.29) is 25.1 Å². The van der Waals surface area contributed by atoms with Crippen LogP contribution in [0.15, 0.2) is 48.5 Å². The van der Waals surface area contributed by atoms with E-state index in [9.17, 15) is 14.4 Å². The summed E-state index contributed by atoms with van der Waals surface area (Å²) in [6, 6.07) is 13.7. The van der Waals surface area contributed by atoms with E-state index >= 15 is 0 Å². The molecule has 0 saturated carbocycles. The van der Waals surface area contributed by atoms with E-state index in [2.05, 4.69) is 5.32 Å². The lowest BCUT2D eigenvalue weighted by molar-refractivity contribution is -0.163. The largest absolute Gasteiger partial charge is 0.481 e. The Morgan fingerprint density at radius 3 is 2.21 bits per heavy atom. The number of carbonyl (C=O) groups is 3. The number of morpholine rings is 1. The number of carboxylic acid groups (broad SMARTS) is 1. The second-order valence-corrected chi connectivity index (χ2v) is 8.77. The van der Waals surface area contributed by atoms with Crippen LogP contribution >= 0.6 is 23.2 Å². The maximum Gasteiger partial charge on any atom is 0.312 e. The van der Waals surface area contributed by atoms with Crippen LogP contribution in [0.4, 0.5) is 0 Å². The van der Waals surface area contributed by atoms with Crippen LogP contribution in [-0.2, 0) is 19.1 Å². The second kappa shape index (κ2) is 11.5. The fraction of sp³-hybridized carbons (Fsp3) is 0.375. The molecule has 0 bridgehead atoms. The predicted octanol–water partition coefficient (Wildman–Crippen LogP) is 4.39. The molecule has 3 atom stereocenters. The fourth-order valence-corrected chi connectivity index (χ4v) is 4.34. The number of carbonyl (C=O) groups excluding carboxylic acids is 2. The SMILES string of the molecule is CCC[C@H](CNC(=O)CC(=O)O)N1C(=O)CO[C@@H](c2ccc(Cl)cc2)[C@H]1c1ccc(Cl)cc1. The smallest absolute Gasteiger partial charge is 0.312 e. The van der Waals surface area contributed by atoms with Gasteiger partial charge in [-0.05, 0) is 41.8 Å². The van der Waals surface area contributed by atoms with E-state index in [1.165, 1.54) is 0 Å². The number of nitrogens with zero attached hydrogens (tertiary/aromatic N) is 1. The van der Waals surface area contributed by atoms with Crippen LogP contribution in [0.3, 0.4) is 0 Å². The molecule has 0 aliphatic carbocycles. The molecule has 0 unspecified atom stereocenters. The topological polar surface area (TPSA) is 95.9 Å². The van der Waals surface area contributed by atoms with Crippen molar-refractivity contribution in [2.45, 2.75) is 44.4 Å². The number of amides is 2. The van der Waals surface area contributed by atoms with Gasteiger partial charge in [-0.3, -0.25) is 14.4 Å². The van der Waals surface area contributed by atoms with Crippen LogP contribution < -0.4 is 5.32 Å². The van der Waals surface area contributed by atoms with Gasteiger partial charge in [0.1, 0.15) is 19.1 Å². The van der Waals surface area contributed by atoms with Crippen molar-refractivity contribution < 1.29 is 24.2 Å². The van der Waals surface area contributed by atoms with Gasteiger partial charge in [0, 0.05) is 22.6 Å². The molecule has 1 heterocycles. The summed E-state index contributed by atoms with van der Waals surface area (Å²) in [5, 5.41) is 12.7. The highest BCUT2D eigenvalue weighted by molar-refractivity contribution is 6.30. The van der Waals surface area contributed by atoms with Crippen molar-refractivity contribution in [2.75, 3.05) is 13.2 Å². The maximum absolute atomic E-state index is 13.2. The minimum Gasteiger partial charge on any atom is -0.481 e. The molecule has 2 N–H and O–H groups in total. The molecule has 1 fully saturated rings. The van der Waals surface area contributed by atoms with Gasteiger partial charge in [-0.25, -0.2) is 0 Å². The summed E-state index contributed by atoms with van der Waals surface area (Å²) in [7, 11) is 0. The van der Waals surface area contributed by atoms with Crippen molar-refractivity contribution in [1.82, 2.24) is 10.2 Å². The molecule has 9 heteroatoms. The molecular weight excluding hydrogens is 467 g/mol. The third-order valence-electron chi connectivity index (χ3n) is 5.53. The molecule has 33 heavy (non-hydrogen) atoms. The van der Waals surface area contributed by atoms with E-state index in [1.54, 1.807) is 29.2 Å². The van der Waals surface area contributed by atoms with Gasteiger partial charge in [0.2, 0.25) is 11.8 Å². The van der Waals surface area contributed by atoms with Crippen molar-refractivity contribution in [3.8, 4) is 0 Å². The molecule has 3 rings (SSSR count). The molecule has 0 radical (unpaired) electrons. The molecule has 2 aromatic carbocycles. The summed E-state index contributed by atoms with van der Waals surface area (Å²) in [6.07, 6.45) is 0.305. The van der Waals surface area contributed by atoms with Gasteiger partial charge >= 0.3 is 5.97 Å². The van der Waals surface area contributed by atoms with E-state index in [0.717, 1.165) is 17.5 Å². The summed E-state index contributed by atoms with van der Waals surface area (Å²) < 4.78 is 6.02. The zero-order chi connectivity index (χ0) is 24.0. The molecule has 0 spiro atoms. The molecule has 176 valence electrons. The highest BCUT2D eigenvalue weighted by atomic mass is 35.5. The molecule has 2 aromatic rings. The highest BCUT2D eigenvalue weighted by Gasteiger charge is 2.42. The molecule has 1 aliphatic rings. The summed E-state index contributed by atoms with van der Waals surface area (Å²) in [5.41, 5.74) is 1.70. The number of nitrogens with one attached hydrogen (secondary N) is 1. The number of ether oxygens (including phenoxy) is 1. The fourth-order valence-electron chi connectivity index (χ4n) is 4.09. The highest BCUT2D eigenvalue weighted by Crippen LogP contribution is 2.42. The van der Waals surface area contributed by atoms with E-state index in [1.807, 2.05) is 31.2 Å². The minimum absolute atomic E-state index is 0.110. The average Bonchev–Trinajstić information content (AvgIpc) is 2.77. The summed E-state index contributed by atoms with van der Waals surface area (Å²) in [4.78, 5) is 37.8. The number of carboxylic acids is 1. The number of benzene rings is 2. The van der Waals surface area contributed by atoms with Gasteiger partial charge in [0.25, 0.3) is 0 Å². The van der Waals surface area contributed by atoms with Crippen LogP contribution in [0.5, 0.6) is 0 Å². The van der Waals surface area contributed by atoms with E-state index in [0.29, 0.717) is 16.5 Å². The Morgan fingerprint density at radius 2 is 1.67 bits per heavy atom. The Balaban J connectivity index is 1.98. The molecule has 1 saturated heterocycles. The van der Waals surface area contributed by atoms with Gasteiger partial charge < -0.3 is 20.1 Å². The lowest BCUT2D eigenvalue weighted by Gasteiger charge is -2.45. The Morgan fingerprint density at radius 1 is 1.09 bits per heavy atom. The van der Waals surface area contributed by atoms with Crippen LogP contribution in [0.2, 0.25) is 10.0 Å². The Kier molecular flexibility index (Phi) is 8.72. The Labute approximate surface area is 202 Å².